The average Bonchev–Trinajstić information content (AvgIpc) is 2.47. The van der Waals surface area contributed by atoms with Crippen LogP contribution in [0.3, 0.4) is 0 Å². The van der Waals surface area contributed by atoms with E-state index in [-0.39, 0.29) is 24.1 Å². The molecule has 1 rings (SSSR count). The van der Waals surface area contributed by atoms with Crippen LogP contribution in [0.5, 0.6) is 0 Å². The zero-order valence-corrected chi connectivity index (χ0v) is 13.9. The molecule has 0 aromatic heterocycles. The van der Waals surface area contributed by atoms with Crippen molar-refractivity contribution >= 4 is 23.6 Å². The van der Waals surface area contributed by atoms with Gasteiger partial charge in [0.25, 0.3) is 0 Å². The first-order valence-electron chi connectivity index (χ1n) is 7.18. The summed E-state index contributed by atoms with van der Waals surface area (Å²) < 4.78 is 18.1. The number of carbonyl (C=O) groups excluding carboxylic acids is 2. The highest BCUT2D eigenvalue weighted by Gasteiger charge is 2.22. The number of ether oxygens (including phenoxy) is 1. The van der Waals surface area contributed by atoms with Gasteiger partial charge in [0, 0.05) is 17.1 Å². The van der Waals surface area contributed by atoms with Crippen molar-refractivity contribution in [1.82, 2.24) is 5.32 Å². The molecule has 0 spiro atoms. The van der Waals surface area contributed by atoms with Crippen molar-refractivity contribution in [1.29, 1.82) is 0 Å². The smallest absolute Gasteiger partial charge is 0.328 e. The van der Waals surface area contributed by atoms with Crippen LogP contribution in [0.2, 0.25) is 0 Å². The highest BCUT2D eigenvalue weighted by Crippen LogP contribution is 2.21. The standard InChI is InChI=1S/C16H22FNO3S/c1-11(2)10-13(16(20)21-3)18-15(19)8-9-22-14-7-5-4-6-12(14)17/h4-7,11,13H,8-10H2,1-3H3,(H,18,19). The van der Waals surface area contributed by atoms with E-state index in [0.717, 1.165) is 0 Å². The van der Waals surface area contributed by atoms with E-state index in [1.165, 1.54) is 24.9 Å². The molecule has 22 heavy (non-hydrogen) atoms. The normalized spacial score (nSPS) is 12.0. The van der Waals surface area contributed by atoms with E-state index >= 15 is 0 Å². The first-order chi connectivity index (χ1) is 10.4. The fraction of sp³-hybridized carbons (Fsp3) is 0.500. The number of hydrogen-bond donors (Lipinski definition) is 1. The van der Waals surface area contributed by atoms with Crippen LogP contribution in [0.25, 0.3) is 0 Å². The van der Waals surface area contributed by atoms with Crippen LogP contribution in [0.1, 0.15) is 26.7 Å². The Morgan fingerprint density at radius 1 is 1.32 bits per heavy atom. The van der Waals surface area contributed by atoms with Crippen molar-refractivity contribution in [2.45, 2.75) is 37.6 Å². The Hall–Kier alpha value is -1.56. The molecule has 0 aliphatic carbocycles. The highest BCUT2D eigenvalue weighted by molar-refractivity contribution is 7.99. The number of carbonyl (C=O) groups is 2. The number of hydrogen-bond acceptors (Lipinski definition) is 4. The van der Waals surface area contributed by atoms with Gasteiger partial charge in [-0.25, -0.2) is 9.18 Å². The van der Waals surface area contributed by atoms with Gasteiger partial charge < -0.3 is 10.1 Å². The van der Waals surface area contributed by atoms with Crippen molar-refractivity contribution < 1.29 is 18.7 Å². The quantitative estimate of drug-likeness (QED) is 0.589. The molecule has 1 aromatic carbocycles. The number of esters is 1. The Morgan fingerprint density at radius 3 is 2.59 bits per heavy atom. The summed E-state index contributed by atoms with van der Waals surface area (Å²) in [5, 5.41) is 2.68. The van der Waals surface area contributed by atoms with E-state index < -0.39 is 12.0 Å². The van der Waals surface area contributed by atoms with E-state index in [4.69, 9.17) is 4.74 Å². The van der Waals surface area contributed by atoms with Crippen molar-refractivity contribution in [3.8, 4) is 0 Å². The topological polar surface area (TPSA) is 55.4 Å². The predicted molar refractivity (Wildman–Crippen MR) is 85.1 cm³/mol. The van der Waals surface area contributed by atoms with Crippen molar-refractivity contribution in [3.63, 3.8) is 0 Å². The summed E-state index contributed by atoms with van der Waals surface area (Å²) in [4.78, 5) is 24.1. The molecular formula is C16H22FNO3S. The number of thioether (sulfide) groups is 1. The Kier molecular flexibility index (Phi) is 7.95. The van der Waals surface area contributed by atoms with Gasteiger partial charge in [-0.15, -0.1) is 11.8 Å². The zero-order chi connectivity index (χ0) is 16.5. The maximum absolute atomic E-state index is 13.4. The minimum absolute atomic E-state index is 0.213. The fourth-order valence-corrected chi connectivity index (χ4v) is 2.80. The summed E-state index contributed by atoms with van der Waals surface area (Å²) >= 11 is 1.28. The average molecular weight is 327 g/mol. The van der Waals surface area contributed by atoms with Gasteiger partial charge in [0.15, 0.2) is 0 Å². The van der Waals surface area contributed by atoms with Gasteiger partial charge in [-0.05, 0) is 24.5 Å². The summed E-state index contributed by atoms with van der Waals surface area (Å²) in [6, 6.07) is 5.81. The SMILES string of the molecule is COC(=O)C(CC(C)C)NC(=O)CCSc1ccccc1F. The van der Waals surface area contributed by atoms with E-state index in [1.54, 1.807) is 18.2 Å². The minimum atomic E-state index is -0.629. The lowest BCUT2D eigenvalue weighted by Gasteiger charge is -2.18. The Balaban J connectivity index is 2.43. The maximum atomic E-state index is 13.4. The van der Waals surface area contributed by atoms with Crippen molar-refractivity contribution in [3.05, 3.63) is 30.1 Å². The van der Waals surface area contributed by atoms with Gasteiger partial charge in [0.1, 0.15) is 11.9 Å². The Morgan fingerprint density at radius 2 is 2.00 bits per heavy atom. The molecular weight excluding hydrogens is 305 g/mol. The lowest BCUT2D eigenvalue weighted by molar-refractivity contribution is -0.145. The molecule has 0 radical (unpaired) electrons. The number of nitrogens with one attached hydrogen (secondary N) is 1. The molecule has 0 aliphatic rings. The second kappa shape index (κ2) is 9.46. The maximum Gasteiger partial charge on any atom is 0.328 e. The molecule has 0 heterocycles. The predicted octanol–water partition coefficient (Wildman–Crippen LogP) is 3.01. The molecule has 1 amide bonds. The van der Waals surface area contributed by atoms with Crippen LogP contribution in [-0.2, 0) is 14.3 Å². The number of halogens is 1. The molecule has 0 fully saturated rings. The number of rotatable bonds is 8. The van der Waals surface area contributed by atoms with Crippen LogP contribution in [0.15, 0.2) is 29.2 Å². The molecule has 0 saturated carbocycles. The molecule has 6 heteroatoms. The number of methoxy groups -OCH3 is 1. The molecule has 1 N–H and O–H groups in total. The third kappa shape index (κ3) is 6.47. The first kappa shape index (κ1) is 18.5. The van der Waals surface area contributed by atoms with Crippen LogP contribution in [0.4, 0.5) is 4.39 Å². The summed E-state index contributed by atoms with van der Waals surface area (Å²) in [5.74, 6) is -0.261. The van der Waals surface area contributed by atoms with Crippen LogP contribution in [-0.4, -0.2) is 30.8 Å². The van der Waals surface area contributed by atoms with Crippen molar-refractivity contribution in [2.24, 2.45) is 5.92 Å². The van der Waals surface area contributed by atoms with Crippen LogP contribution < -0.4 is 5.32 Å². The molecule has 1 atom stereocenters. The fourth-order valence-electron chi connectivity index (χ4n) is 1.91. The van der Waals surface area contributed by atoms with Crippen molar-refractivity contribution in [2.75, 3.05) is 12.9 Å². The third-order valence-corrected chi connectivity index (χ3v) is 4.00. The van der Waals surface area contributed by atoms with Gasteiger partial charge in [-0.3, -0.25) is 4.79 Å². The van der Waals surface area contributed by atoms with Gasteiger partial charge >= 0.3 is 5.97 Å². The molecule has 4 nitrogen and oxygen atoms in total. The largest absolute Gasteiger partial charge is 0.467 e. The molecule has 122 valence electrons. The molecule has 0 saturated heterocycles. The Labute approximate surface area is 134 Å². The Bertz CT molecular complexity index is 508. The number of amides is 1. The first-order valence-corrected chi connectivity index (χ1v) is 8.17. The van der Waals surface area contributed by atoms with E-state index in [0.29, 0.717) is 17.1 Å². The van der Waals surface area contributed by atoms with Gasteiger partial charge in [-0.1, -0.05) is 26.0 Å². The zero-order valence-electron chi connectivity index (χ0n) is 13.1. The monoisotopic (exact) mass is 327 g/mol. The lowest BCUT2D eigenvalue weighted by atomic mass is 10.0. The van der Waals surface area contributed by atoms with E-state index in [2.05, 4.69) is 5.32 Å². The number of benzene rings is 1. The second-order valence-corrected chi connectivity index (χ2v) is 6.44. The summed E-state index contributed by atoms with van der Waals surface area (Å²) in [6.07, 6.45) is 0.740. The third-order valence-electron chi connectivity index (χ3n) is 2.95. The van der Waals surface area contributed by atoms with Gasteiger partial charge in [0.05, 0.1) is 7.11 Å². The van der Waals surface area contributed by atoms with Crippen LogP contribution >= 0.6 is 11.8 Å². The summed E-state index contributed by atoms with van der Waals surface area (Å²) in [6.45, 7) is 3.94. The van der Waals surface area contributed by atoms with Gasteiger partial charge in [0.2, 0.25) is 5.91 Å². The lowest BCUT2D eigenvalue weighted by Crippen LogP contribution is -2.42. The molecule has 1 unspecified atom stereocenters. The van der Waals surface area contributed by atoms with Crippen LogP contribution in [0, 0.1) is 11.7 Å². The summed E-state index contributed by atoms with van der Waals surface area (Å²) in [5.41, 5.74) is 0. The second-order valence-electron chi connectivity index (χ2n) is 5.30. The summed E-state index contributed by atoms with van der Waals surface area (Å²) in [7, 11) is 1.30. The molecule has 0 bridgehead atoms. The van der Waals surface area contributed by atoms with E-state index in [1.807, 2.05) is 13.8 Å². The molecule has 0 aliphatic heterocycles. The van der Waals surface area contributed by atoms with E-state index in [9.17, 15) is 14.0 Å². The highest BCUT2D eigenvalue weighted by atomic mass is 32.2. The minimum Gasteiger partial charge on any atom is -0.467 e. The van der Waals surface area contributed by atoms with Gasteiger partial charge in [-0.2, -0.15) is 0 Å². The molecule has 1 aromatic rings.